The van der Waals surface area contributed by atoms with Gasteiger partial charge in [0.2, 0.25) is 0 Å². The van der Waals surface area contributed by atoms with Crippen molar-refractivity contribution in [2.24, 2.45) is 0 Å². The number of fused-ring (bicyclic) bond motifs is 1. The summed E-state index contributed by atoms with van der Waals surface area (Å²) in [6.07, 6.45) is 0. The molecule has 0 fully saturated rings. The third-order valence-electron chi connectivity index (χ3n) is 3.25. The standard InChI is InChI=1S/C16H13NO2/c1-10-15(13-4-2-3-5-14(13)17-10)16(19)11-6-8-12(18)9-7-11/h2-9,17-18H,1H3. The van der Waals surface area contributed by atoms with Gasteiger partial charge in [-0.3, -0.25) is 4.79 Å². The second kappa shape index (κ2) is 4.28. The number of ketones is 1. The fraction of sp³-hybridized carbons (Fsp3) is 0.0625. The van der Waals surface area contributed by atoms with Gasteiger partial charge in [-0.1, -0.05) is 18.2 Å². The van der Waals surface area contributed by atoms with Crippen molar-refractivity contribution in [3.05, 3.63) is 65.4 Å². The molecule has 3 rings (SSSR count). The zero-order valence-corrected chi connectivity index (χ0v) is 10.5. The lowest BCUT2D eigenvalue weighted by Crippen LogP contribution is -2.02. The zero-order chi connectivity index (χ0) is 13.4. The topological polar surface area (TPSA) is 53.1 Å². The van der Waals surface area contributed by atoms with Gasteiger partial charge in [0.25, 0.3) is 0 Å². The highest BCUT2D eigenvalue weighted by Gasteiger charge is 2.17. The smallest absolute Gasteiger partial charge is 0.195 e. The van der Waals surface area contributed by atoms with E-state index in [1.807, 2.05) is 31.2 Å². The summed E-state index contributed by atoms with van der Waals surface area (Å²) in [5.74, 6) is 0.127. The van der Waals surface area contributed by atoms with Crippen LogP contribution in [0.3, 0.4) is 0 Å². The predicted octanol–water partition coefficient (Wildman–Crippen LogP) is 3.41. The molecule has 0 aliphatic carbocycles. The molecule has 0 unspecified atom stereocenters. The Bertz CT molecular complexity index is 754. The number of carbonyl (C=O) groups excluding carboxylic acids is 1. The van der Waals surface area contributed by atoms with Crippen molar-refractivity contribution < 1.29 is 9.90 Å². The lowest BCUT2D eigenvalue weighted by Gasteiger charge is -2.02. The van der Waals surface area contributed by atoms with Crippen molar-refractivity contribution in [3.8, 4) is 5.75 Å². The molecule has 94 valence electrons. The molecule has 0 saturated heterocycles. The lowest BCUT2D eigenvalue weighted by atomic mass is 10.0. The minimum Gasteiger partial charge on any atom is -0.508 e. The maximum Gasteiger partial charge on any atom is 0.195 e. The number of carbonyl (C=O) groups is 1. The fourth-order valence-electron chi connectivity index (χ4n) is 2.33. The number of aromatic amines is 1. The highest BCUT2D eigenvalue weighted by atomic mass is 16.3. The van der Waals surface area contributed by atoms with Crippen LogP contribution in [0.5, 0.6) is 5.75 Å². The van der Waals surface area contributed by atoms with Crippen molar-refractivity contribution in [3.63, 3.8) is 0 Å². The van der Waals surface area contributed by atoms with Crippen LogP contribution in [0.1, 0.15) is 21.6 Å². The maximum absolute atomic E-state index is 12.6. The zero-order valence-electron chi connectivity index (χ0n) is 10.5. The Labute approximate surface area is 110 Å². The number of para-hydroxylation sites is 1. The Balaban J connectivity index is 2.16. The highest BCUT2D eigenvalue weighted by molar-refractivity contribution is 6.17. The number of aromatic hydroxyl groups is 1. The Kier molecular flexibility index (Phi) is 2.60. The molecule has 3 heteroatoms. The maximum atomic E-state index is 12.6. The quantitative estimate of drug-likeness (QED) is 0.686. The molecule has 2 aromatic carbocycles. The van der Waals surface area contributed by atoms with Crippen molar-refractivity contribution in [2.75, 3.05) is 0 Å². The lowest BCUT2D eigenvalue weighted by molar-refractivity contribution is 0.104. The first kappa shape index (κ1) is 11.5. The summed E-state index contributed by atoms with van der Waals surface area (Å²) in [6.45, 7) is 1.90. The van der Waals surface area contributed by atoms with Gasteiger partial charge in [-0.2, -0.15) is 0 Å². The van der Waals surface area contributed by atoms with E-state index in [0.717, 1.165) is 16.6 Å². The van der Waals surface area contributed by atoms with Gasteiger partial charge in [0.15, 0.2) is 5.78 Å². The van der Waals surface area contributed by atoms with Gasteiger partial charge in [-0.05, 0) is 37.3 Å². The number of rotatable bonds is 2. The summed E-state index contributed by atoms with van der Waals surface area (Å²) in [4.78, 5) is 15.8. The van der Waals surface area contributed by atoms with E-state index in [1.54, 1.807) is 12.1 Å². The second-order valence-electron chi connectivity index (χ2n) is 4.55. The van der Waals surface area contributed by atoms with Crippen LogP contribution >= 0.6 is 0 Å². The average Bonchev–Trinajstić information content (AvgIpc) is 2.74. The summed E-state index contributed by atoms with van der Waals surface area (Å²) in [5.41, 5.74) is 3.09. The Hall–Kier alpha value is -2.55. The number of benzene rings is 2. The van der Waals surface area contributed by atoms with Crippen LogP contribution in [0, 0.1) is 6.92 Å². The monoisotopic (exact) mass is 251 g/mol. The van der Waals surface area contributed by atoms with E-state index in [-0.39, 0.29) is 11.5 Å². The van der Waals surface area contributed by atoms with Gasteiger partial charge in [0.05, 0.1) is 5.56 Å². The largest absolute Gasteiger partial charge is 0.508 e. The summed E-state index contributed by atoms with van der Waals surface area (Å²) < 4.78 is 0. The van der Waals surface area contributed by atoms with Crippen LogP contribution in [-0.4, -0.2) is 15.9 Å². The first-order valence-electron chi connectivity index (χ1n) is 6.08. The van der Waals surface area contributed by atoms with E-state index in [1.165, 1.54) is 12.1 Å². The molecule has 19 heavy (non-hydrogen) atoms. The number of aryl methyl sites for hydroxylation is 1. The summed E-state index contributed by atoms with van der Waals surface area (Å²) >= 11 is 0. The fourth-order valence-corrected chi connectivity index (χ4v) is 2.33. The number of H-pyrrole nitrogens is 1. The Morgan fingerprint density at radius 1 is 1.05 bits per heavy atom. The molecule has 0 aliphatic heterocycles. The third kappa shape index (κ3) is 1.89. The molecule has 0 saturated carbocycles. The molecule has 1 aromatic heterocycles. The molecule has 0 bridgehead atoms. The minimum absolute atomic E-state index is 0.0325. The van der Waals surface area contributed by atoms with Gasteiger partial charge >= 0.3 is 0 Å². The van der Waals surface area contributed by atoms with Crippen LogP contribution < -0.4 is 0 Å². The van der Waals surface area contributed by atoms with Crippen LogP contribution in [0.2, 0.25) is 0 Å². The SMILES string of the molecule is Cc1[nH]c2ccccc2c1C(=O)c1ccc(O)cc1. The molecule has 0 aliphatic rings. The van der Waals surface area contributed by atoms with Gasteiger partial charge in [0.1, 0.15) is 5.75 Å². The molecule has 3 nitrogen and oxygen atoms in total. The molecular weight excluding hydrogens is 238 g/mol. The van der Waals surface area contributed by atoms with E-state index in [2.05, 4.69) is 4.98 Å². The van der Waals surface area contributed by atoms with Crippen molar-refractivity contribution in [1.82, 2.24) is 4.98 Å². The predicted molar refractivity (Wildman–Crippen MR) is 74.6 cm³/mol. The Morgan fingerprint density at radius 2 is 1.74 bits per heavy atom. The van der Waals surface area contributed by atoms with Gasteiger partial charge in [-0.15, -0.1) is 0 Å². The highest BCUT2D eigenvalue weighted by Crippen LogP contribution is 2.25. The molecular formula is C16H13NO2. The molecule has 0 atom stereocenters. The Morgan fingerprint density at radius 3 is 2.47 bits per heavy atom. The summed E-state index contributed by atoms with van der Waals surface area (Å²) in [6, 6.07) is 14.1. The molecule has 3 aromatic rings. The van der Waals surface area contributed by atoms with Crippen molar-refractivity contribution >= 4 is 16.7 Å². The molecule has 1 heterocycles. The molecule has 0 spiro atoms. The summed E-state index contributed by atoms with van der Waals surface area (Å²) in [7, 11) is 0. The molecule has 2 N–H and O–H groups in total. The number of phenols is 1. The van der Waals surface area contributed by atoms with E-state index < -0.39 is 0 Å². The van der Waals surface area contributed by atoms with E-state index in [4.69, 9.17) is 0 Å². The minimum atomic E-state index is -0.0325. The van der Waals surface area contributed by atoms with Gasteiger partial charge < -0.3 is 10.1 Å². The number of phenolic OH excluding ortho intramolecular Hbond substituents is 1. The van der Waals surface area contributed by atoms with Crippen LogP contribution in [0.25, 0.3) is 10.9 Å². The van der Waals surface area contributed by atoms with E-state index in [9.17, 15) is 9.90 Å². The van der Waals surface area contributed by atoms with Gasteiger partial charge in [0, 0.05) is 22.2 Å². The van der Waals surface area contributed by atoms with E-state index >= 15 is 0 Å². The molecule has 0 radical (unpaired) electrons. The average molecular weight is 251 g/mol. The first-order chi connectivity index (χ1) is 9.16. The van der Waals surface area contributed by atoms with Crippen LogP contribution in [-0.2, 0) is 0 Å². The van der Waals surface area contributed by atoms with Crippen LogP contribution in [0.15, 0.2) is 48.5 Å². The number of hydrogen-bond donors (Lipinski definition) is 2. The number of nitrogens with one attached hydrogen (secondary N) is 1. The van der Waals surface area contributed by atoms with Crippen molar-refractivity contribution in [2.45, 2.75) is 6.92 Å². The summed E-state index contributed by atoms with van der Waals surface area (Å²) in [5, 5.41) is 10.2. The molecule has 0 amide bonds. The second-order valence-corrected chi connectivity index (χ2v) is 4.55. The first-order valence-corrected chi connectivity index (χ1v) is 6.08. The normalized spacial score (nSPS) is 10.8. The van der Waals surface area contributed by atoms with E-state index in [0.29, 0.717) is 11.1 Å². The number of aromatic nitrogens is 1. The third-order valence-corrected chi connectivity index (χ3v) is 3.25. The van der Waals surface area contributed by atoms with Crippen molar-refractivity contribution in [1.29, 1.82) is 0 Å². The number of hydrogen-bond acceptors (Lipinski definition) is 2. The van der Waals surface area contributed by atoms with Crippen LogP contribution in [0.4, 0.5) is 0 Å². The van der Waals surface area contributed by atoms with Gasteiger partial charge in [-0.25, -0.2) is 0 Å².